The van der Waals surface area contributed by atoms with Gasteiger partial charge in [-0.05, 0) is 48.7 Å². The van der Waals surface area contributed by atoms with E-state index in [1.165, 1.54) is 64.2 Å². The van der Waals surface area contributed by atoms with Crippen LogP contribution in [0.15, 0.2) is 0 Å². The smallest absolute Gasteiger partial charge is 0.200 e. The third-order valence-corrected chi connectivity index (χ3v) is 13.8. The summed E-state index contributed by atoms with van der Waals surface area (Å²) in [6.45, 7) is 16.8. The SMILES string of the molecule is CCCCCC[C@@H](CC[C@H](Br)CCCCBr)O[Si](C(C)C)(C(C)C)C(C)C. The lowest BCUT2D eigenvalue weighted by molar-refractivity contribution is 0.148. The summed E-state index contributed by atoms with van der Waals surface area (Å²) < 4.78 is 7.19. The Balaban J connectivity index is 4.99. The van der Waals surface area contributed by atoms with Crippen LogP contribution in [-0.4, -0.2) is 24.6 Å². The lowest BCUT2D eigenvalue weighted by Crippen LogP contribution is -2.50. The summed E-state index contributed by atoms with van der Waals surface area (Å²) in [6.07, 6.45) is 13.4. The van der Waals surface area contributed by atoms with E-state index in [4.69, 9.17) is 4.43 Å². The van der Waals surface area contributed by atoms with Crippen LogP contribution < -0.4 is 0 Å². The molecule has 1 nitrogen and oxygen atoms in total. The monoisotopic (exact) mass is 526 g/mol. The molecule has 27 heavy (non-hydrogen) atoms. The fourth-order valence-corrected chi connectivity index (χ4v) is 11.3. The molecule has 0 radical (unpaired) electrons. The second-order valence-electron chi connectivity index (χ2n) is 9.27. The topological polar surface area (TPSA) is 9.23 Å². The van der Waals surface area contributed by atoms with Gasteiger partial charge in [0.1, 0.15) is 0 Å². The van der Waals surface area contributed by atoms with Crippen LogP contribution in [0.2, 0.25) is 16.6 Å². The van der Waals surface area contributed by atoms with Crippen molar-refractivity contribution in [3.63, 3.8) is 0 Å². The summed E-state index contributed by atoms with van der Waals surface area (Å²) in [4.78, 5) is 0.645. The van der Waals surface area contributed by atoms with Gasteiger partial charge in [0.2, 0.25) is 8.32 Å². The molecule has 0 aliphatic carbocycles. The largest absolute Gasteiger partial charge is 0.413 e. The first-order valence-corrected chi connectivity index (χ1v) is 15.8. The second-order valence-corrected chi connectivity index (χ2v) is 16.8. The van der Waals surface area contributed by atoms with Crippen LogP contribution in [0.3, 0.4) is 0 Å². The first-order valence-electron chi connectivity index (χ1n) is 11.6. The van der Waals surface area contributed by atoms with Crippen LogP contribution in [0, 0.1) is 0 Å². The maximum atomic E-state index is 7.19. The van der Waals surface area contributed by atoms with E-state index >= 15 is 0 Å². The molecule has 4 heteroatoms. The van der Waals surface area contributed by atoms with Crippen molar-refractivity contribution < 1.29 is 4.43 Å². The molecule has 0 unspecified atom stereocenters. The summed E-state index contributed by atoms with van der Waals surface area (Å²) in [5, 5.41) is 1.13. The van der Waals surface area contributed by atoms with Crippen LogP contribution in [0.5, 0.6) is 0 Å². The zero-order valence-corrected chi connectivity index (χ0v) is 23.5. The van der Waals surface area contributed by atoms with E-state index in [1.807, 2.05) is 0 Å². The van der Waals surface area contributed by atoms with E-state index in [9.17, 15) is 0 Å². The highest BCUT2D eigenvalue weighted by Crippen LogP contribution is 2.44. The molecule has 0 spiro atoms. The Morgan fingerprint density at radius 1 is 0.704 bits per heavy atom. The average molecular weight is 529 g/mol. The first kappa shape index (κ1) is 28.1. The minimum absolute atomic E-state index is 0.456. The van der Waals surface area contributed by atoms with Crippen molar-refractivity contribution in [2.75, 3.05) is 5.33 Å². The number of rotatable bonds is 17. The van der Waals surface area contributed by atoms with Crippen LogP contribution in [0.1, 0.15) is 113 Å². The van der Waals surface area contributed by atoms with E-state index < -0.39 is 8.32 Å². The Morgan fingerprint density at radius 2 is 1.26 bits per heavy atom. The molecule has 0 saturated carbocycles. The number of unbranched alkanes of at least 4 members (excludes halogenated alkanes) is 4. The molecule has 164 valence electrons. The highest BCUT2D eigenvalue weighted by atomic mass is 79.9. The Hall–Kier alpha value is 1.14. The summed E-state index contributed by atoms with van der Waals surface area (Å²) in [5.74, 6) is 0. The van der Waals surface area contributed by atoms with Gasteiger partial charge in [0, 0.05) is 16.3 Å². The lowest BCUT2D eigenvalue weighted by atomic mass is 10.0. The standard InChI is InChI=1S/C23H48Br2OSi/c1-8-9-10-11-15-23(17-16-22(25)14-12-13-18-24)26-27(19(2)3,20(4)5)21(6)7/h19-23H,8-18H2,1-7H3/t22-,23+/m1/s1. The Bertz CT molecular complexity index is 325. The van der Waals surface area contributed by atoms with Gasteiger partial charge in [-0.3, -0.25) is 0 Å². The van der Waals surface area contributed by atoms with Gasteiger partial charge in [-0.2, -0.15) is 0 Å². The van der Waals surface area contributed by atoms with Crippen LogP contribution in [0.25, 0.3) is 0 Å². The Morgan fingerprint density at radius 3 is 1.74 bits per heavy atom. The van der Waals surface area contributed by atoms with Gasteiger partial charge in [0.15, 0.2) is 0 Å². The van der Waals surface area contributed by atoms with Gasteiger partial charge in [-0.1, -0.05) is 112 Å². The van der Waals surface area contributed by atoms with Crippen molar-refractivity contribution in [2.24, 2.45) is 0 Å². The van der Waals surface area contributed by atoms with Crippen molar-refractivity contribution in [1.29, 1.82) is 0 Å². The second kappa shape index (κ2) is 15.9. The van der Waals surface area contributed by atoms with Crippen molar-refractivity contribution in [2.45, 2.75) is 140 Å². The number of alkyl halides is 2. The van der Waals surface area contributed by atoms with Gasteiger partial charge < -0.3 is 4.43 Å². The zero-order chi connectivity index (χ0) is 20.9. The van der Waals surface area contributed by atoms with Crippen molar-refractivity contribution >= 4 is 40.2 Å². The highest BCUT2D eigenvalue weighted by Gasteiger charge is 2.46. The van der Waals surface area contributed by atoms with Crippen molar-refractivity contribution in [3.05, 3.63) is 0 Å². The van der Waals surface area contributed by atoms with Crippen LogP contribution in [-0.2, 0) is 4.43 Å². The Labute approximate surface area is 189 Å². The highest BCUT2D eigenvalue weighted by molar-refractivity contribution is 9.09. The Kier molecular flexibility index (Phi) is 16.6. The maximum Gasteiger partial charge on any atom is 0.200 e. The fraction of sp³-hybridized carbons (Fsp3) is 1.00. The van der Waals surface area contributed by atoms with Gasteiger partial charge >= 0.3 is 0 Å². The molecule has 0 heterocycles. The molecule has 0 saturated heterocycles. The van der Waals surface area contributed by atoms with Gasteiger partial charge in [-0.15, -0.1) is 0 Å². The molecular formula is C23H48Br2OSi. The minimum Gasteiger partial charge on any atom is -0.413 e. The summed E-state index contributed by atoms with van der Waals surface area (Å²) in [5.41, 5.74) is 2.03. The third kappa shape index (κ3) is 10.6. The van der Waals surface area contributed by atoms with E-state index in [1.54, 1.807) is 0 Å². The molecule has 2 atom stereocenters. The molecule has 0 bridgehead atoms. The summed E-state index contributed by atoms with van der Waals surface area (Å²) in [6, 6.07) is 0. The summed E-state index contributed by atoms with van der Waals surface area (Å²) >= 11 is 7.48. The predicted molar refractivity (Wildman–Crippen MR) is 134 cm³/mol. The minimum atomic E-state index is -1.78. The molecule has 0 aromatic heterocycles. The van der Waals surface area contributed by atoms with Gasteiger partial charge in [0.05, 0.1) is 0 Å². The van der Waals surface area contributed by atoms with E-state index in [-0.39, 0.29) is 0 Å². The van der Waals surface area contributed by atoms with E-state index in [0.717, 1.165) is 5.33 Å². The fourth-order valence-electron chi connectivity index (χ4n) is 4.73. The molecule has 0 aromatic rings. The summed E-state index contributed by atoms with van der Waals surface area (Å²) in [7, 11) is -1.78. The van der Waals surface area contributed by atoms with Crippen LogP contribution in [0.4, 0.5) is 0 Å². The third-order valence-electron chi connectivity index (χ3n) is 6.16. The molecule has 0 aliphatic heterocycles. The van der Waals surface area contributed by atoms with Gasteiger partial charge in [-0.25, -0.2) is 0 Å². The van der Waals surface area contributed by atoms with E-state index in [0.29, 0.717) is 27.6 Å². The normalized spacial score (nSPS) is 15.1. The molecule has 0 fully saturated rings. The number of halogens is 2. The van der Waals surface area contributed by atoms with Crippen molar-refractivity contribution in [1.82, 2.24) is 0 Å². The predicted octanol–water partition coefficient (Wildman–Crippen LogP) is 9.63. The lowest BCUT2D eigenvalue weighted by Gasteiger charge is -2.45. The molecule has 0 N–H and O–H groups in total. The average Bonchev–Trinajstić information content (AvgIpc) is 2.59. The van der Waals surface area contributed by atoms with Crippen LogP contribution >= 0.6 is 31.9 Å². The quantitative estimate of drug-likeness (QED) is 0.104. The molecule has 0 aromatic carbocycles. The van der Waals surface area contributed by atoms with Crippen molar-refractivity contribution in [3.8, 4) is 0 Å². The van der Waals surface area contributed by atoms with E-state index in [2.05, 4.69) is 80.3 Å². The first-order chi connectivity index (χ1) is 12.7. The molecule has 0 amide bonds. The molecule has 0 aliphatic rings. The number of hydrogen-bond donors (Lipinski definition) is 0. The molecular weight excluding hydrogens is 480 g/mol. The van der Waals surface area contributed by atoms with Gasteiger partial charge in [0.25, 0.3) is 0 Å². The maximum absolute atomic E-state index is 7.19. The number of hydrogen-bond acceptors (Lipinski definition) is 1. The molecule has 0 rings (SSSR count). The zero-order valence-electron chi connectivity index (χ0n) is 19.3.